The molecule has 0 amide bonds. The Labute approximate surface area is 160 Å². The van der Waals surface area contributed by atoms with E-state index in [9.17, 15) is 9.59 Å². The van der Waals surface area contributed by atoms with Gasteiger partial charge in [0.15, 0.2) is 5.78 Å². The normalized spacial score (nSPS) is 12.8. The van der Waals surface area contributed by atoms with Crippen molar-refractivity contribution in [2.24, 2.45) is 5.92 Å². The van der Waals surface area contributed by atoms with E-state index in [-0.39, 0.29) is 11.7 Å². The Bertz CT molecular complexity index is 834. The van der Waals surface area contributed by atoms with E-state index >= 15 is 0 Å². The van der Waals surface area contributed by atoms with E-state index in [1.807, 2.05) is 79.7 Å². The highest BCUT2D eigenvalue weighted by Crippen LogP contribution is 2.20. The van der Waals surface area contributed by atoms with Crippen LogP contribution >= 0.6 is 0 Å². The summed E-state index contributed by atoms with van der Waals surface area (Å²) in [4.78, 5) is 25.8. The molecule has 0 saturated heterocycles. The molecule has 27 heavy (non-hydrogen) atoms. The lowest BCUT2D eigenvalue weighted by atomic mass is 9.89. The van der Waals surface area contributed by atoms with Gasteiger partial charge in [0.05, 0.1) is 0 Å². The molecule has 0 aliphatic carbocycles. The number of Topliss-reactive ketones (excluding diaryl/α,β-unsaturated/α-hetero) is 1. The van der Waals surface area contributed by atoms with Crippen LogP contribution in [0.2, 0.25) is 0 Å². The Morgan fingerprint density at radius 3 is 2.19 bits per heavy atom. The van der Waals surface area contributed by atoms with Crippen LogP contribution in [0.4, 0.5) is 5.69 Å². The van der Waals surface area contributed by atoms with Gasteiger partial charge in [-0.25, -0.2) is 4.79 Å². The minimum Gasteiger partial charge on any atom is -0.478 e. The molecule has 1 atom stereocenters. The van der Waals surface area contributed by atoms with E-state index in [0.29, 0.717) is 12.0 Å². The van der Waals surface area contributed by atoms with Crippen LogP contribution in [0, 0.1) is 5.92 Å². The zero-order valence-electron chi connectivity index (χ0n) is 15.9. The predicted molar refractivity (Wildman–Crippen MR) is 109 cm³/mol. The number of nitrogens with zero attached hydrogens (tertiary/aromatic N) is 1. The van der Waals surface area contributed by atoms with Gasteiger partial charge in [0, 0.05) is 37.3 Å². The molecular weight excluding hydrogens is 338 g/mol. The highest BCUT2D eigenvalue weighted by molar-refractivity contribution is 5.99. The van der Waals surface area contributed by atoms with Crippen molar-refractivity contribution in [2.45, 2.75) is 13.3 Å². The minimum absolute atomic E-state index is 0.0206. The number of allylic oxidation sites excluding steroid dienone is 3. The Balaban J connectivity index is 2.31. The Morgan fingerprint density at radius 1 is 1.00 bits per heavy atom. The summed E-state index contributed by atoms with van der Waals surface area (Å²) in [6.45, 7) is 1.81. The van der Waals surface area contributed by atoms with Crippen LogP contribution in [-0.4, -0.2) is 31.0 Å². The maximum atomic E-state index is 13.1. The van der Waals surface area contributed by atoms with Crippen LogP contribution in [0.15, 0.2) is 78.4 Å². The van der Waals surface area contributed by atoms with Crippen LogP contribution < -0.4 is 4.90 Å². The maximum Gasteiger partial charge on any atom is 0.328 e. The summed E-state index contributed by atoms with van der Waals surface area (Å²) in [5.41, 5.74) is 3.48. The van der Waals surface area contributed by atoms with Crippen LogP contribution in [0.1, 0.15) is 22.8 Å². The summed E-state index contributed by atoms with van der Waals surface area (Å²) in [7, 11) is 3.91. The van der Waals surface area contributed by atoms with E-state index in [1.54, 1.807) is 6.92 Å². The summed E-state index contributed by atoms with van der Waals surface area (Å²) >= 11 is 0. The molecule has 2 aromatic rings. The summed E-state index contributed by atoms with van der Waals surface area (Å²) < 4.78 is 0. The van der Waals surface area contributed by atoms with Crippen molar-refractivity contribution in [1.29, 1.82) is 0 Å². The van der Waals surface area contributed by atoms with Gasteiger partial charge in [0.2, 0.25) is 0 Å². The fourth-order valence-corrected chi connectivity index (χ4v) is 2.81. The number of carboxylic acids is 1. The first-order chi connectivity index (χ1) is 12.9. The molecule has 0 bridgehead atoms. The number of aliphatic carboxylic acids is 1. The minimum atomic E-state index is -1.01. The standard InChI is InChI=1S/C23H25NO3/c1-17(9-14-22(25)26)15-20(16-18-7-5-4-6-8-18)23(27)19-10-12-21(13-11-19)24(2)3/h4-15,20H,16H2,1-3H3,(H,25,26)/b14-9+,17-15+. The third-order valence-electron chi connectivity index (χ3n) is 4.26. The van der Waals surface area contributed by atoms with Crippen LogP contribution in [-0.2, 0) is 11.2 Å². The van der Waals surface area contributed by atoms with Gasteiger partial charge >= 0.3 is 5.97 Å². The number of hydrogen-bond acceptors (Lipinski definition) is 3. The molecule has 2 rings (SSSR count). The lowest BCUT2D eigenvalue weighted by Crippen LogP contribution is -2.16. The van der Waals surface area contributed by atoms with E-state index in [1.165, 1.54) is 6.08 Å². The lowest BCUT2D eigenvalue weighted by Gasteiger charge is -2.15. The van der Waals surface area contributed by atoms with Crippen LogP contribution in [0.5, 0.6) is 0 Å². The first-order valence-electron chi connectivity index (χ1n) is 8.82. The van der Waals surface area contributed by atoms with E-state index < -0.39 is 5.97 Å². The van der Waals surface area contributed by atoms with Gasteiger partial charge < -0.3 is 10.0 Å². The smallest absolute Gasteiger partial charge is 0.328 e. The zero-order valence-corrected chi connectivity index (χ0v) is 15.9. The topological polar surface area (TPSA) is 57.6 Å². The Kier molecular flexibility index (Phi) is 7.12. The largest absolute Gasteiger partial charge is 0.478 e. The van der Waals surface area contributed by atoms with Crippen molar-refractivity contribution in [1.82, 2.24) is 0 Å². The Hall–Kier alpha value is -3.14. The van der Waals surface area contributed by atoms with Gasteiger partial charge in [-0.2, -0.15) is 0 Å². The van der Waals surface area contributed by atoms with Crippen LogP contribution in [0.3, 0.4) is 0 Å². The summed E-state index contributed by atoms with van der Waals surface area (Å²) in [6.07, 6.45) is 5.01. The summed E-state index contributed by atoms with van der Waals surface area (Å²) in [5.74, 6) is -1.35. The number of benzene rings is 2. The molecule has 1 unspecified atom stereocenters. The van der Waals surface area contributed by atoms with Gasteiger partial charge in [0.1, 0.15) is 0 Å². The predicted octanol–water partition coefficient (Wildman–Crippen LogP) is 4.38. The van der Waals surface area contributed by atoms with Gasteiger partial charge in [-0.3, -0.25) is 4.79 Å². The highest BCUT2D eigenvalue weighted by Gasteiger charge is 2.19. The fraction of sp³-hybridized carbons (Fsp3) is 0.217. The Morgan fingerprint density at radius 2 is 1.63 bits per heavy atom. The highest BCUT2D eigenvalue weighted by atomic mass is 16.4. The third-order valence-corrected chi connectivity index (χ3v) is 4.26. The van der Waals surface area contributed by atoms with Crippen molar-refractivity contribution in [3.63, 3.8) is 0 Å². The molecule has 4 nitrogen and oxygen atoms in total. The molecule has 0 aliphatic rings. The zero-order chi connectivity index (χ0) is 19.8. The average molecular weight is 363 g/mol. The number of carboxylic acid groups (broad SMARTS) is 1. The molecule has 0 fully saturated rings. The maximum absolute atomic E-state index is 13.1. The molecule has 4 heteroatoms. The molecule has 0 aromatic heterocycles. The molecule has 0 aliphatic heterocycles. The quantitative estimate of drug-likeness (QED) is 0.429. The SMILES string of the molecule is CC(/C=C/C(=O)O)=C\C(Cc1ccccc1)C(=O)c1ccc(N(C)C)cc1. The first kappa shape index (κ1) is 20.2. The number of hydrogen-bond donors (Lipinski definition) is 1. The van der Waals surface area contributed by atoms with Crippen molar-refractivity contribution in [2.75, 3.05) is 19.0 Å². The van der Waals surface area contributed by atoms with E-state index in [0.717, 1.165) is 22.9 Å². The summed E-state index contributed by atoms with van der Waals surface area (Å²) in [6, 6.07) is 17.3. The number of carbonyl (C=O) groups is 2. The second-order valence-corrected chi connectivity index (χ2v) is 6.68. The molecule has 140 valence electrons. The second kappa shape index (κ2) is 9.53. The van der Waals surface area contributed by atoms with Crippen LogP contribution in [0.25, 0.3) is 0 Å². The monoisotopic (exact) mass is 363 g/mol. The van der Waals surface area contributed by atoms with E-state index in [4.69, 9.17) is 5.11 Å². The van der Waals surface area contributed by atoms with Crippen molar-refractivity contribution < 1.29 is 14.7 Å². The lowest BCUT2D eigenvalue weighted by molar-refractivity contribution is -0.131. The third kappa shape index (κ3) is 6.26. The second-order valence-electron chi connectivity index (χ2n) is 6.68. The number of carbonyl (C=O) groups excluding carboxylic acids is 1. The molecule has 2 aromatic carbocycles. The molecule has 1 N–H and O–H groups in total. The molecular formula is C23H25NO3. The van der Waals surface area contributed by atoms with Gasteiger partial charge in [-0.15, -0.1) is 0 Å². The molecule has 0 saturated carbocycles. The van der Waals surface area contributed by atoms with Gasteiger partial charge in [-0.05, 0) is 43.2 Å². The van der Waals surface area contributed by atoms with Crippen molar-refractivity contribution in [3.8, 4) is 0 Å². The first-order valence-corrected chi connectivity index (χ1v) is 8.82. The molecule has 0 spiro atoms. The van der Waals surface area contributed by atoms with Gasteiger partial charge in [-0.1, -0.05) is 48.1 Å². The van der Waals surface area contributed by atoms with Gasteiger partial charge in [0.25, 0.3) is 0 Å². The molecule has 0 heterocycles. The average Bonchev–Trinajstić information content (AvgIpc) is 2.66. The number of rotatable bonds is 8. The number of ketones is 1. The number of anilines is 1. The summed E-state index contributed by atoms with van der Waals surface area (Å²) in [5, 5.41) is 8.80. The molecule has 0 radical (unpaired) electrons. The van der Waals surface area contributed by atoms with Crippen molar-refractivity contribution in [3.05, 3.63) is 89.5 Å². The fourth-order valence-electron chi connectivity index (χ4n) is 2.81. The van der Waals surface area contributed by atoms with Crippen molar-refractivity contribution >= 4 is 17.4 Å². The van der Waals surface area contributed by atoms with E-state index in [2.05, 4.69) is 0 Å².